The number of rotatable bonds is 4. The average Bonchev–Trinajstić information content (AvgIpc) is 2.07. The van der Waals surface area contributed by atoms with E-state index < -0.39 is 5.60 Å². The van der Waals surface area contributed by atoms with Gasteiger partial charge in [-0.05, 0) is 26.0 Å². The smallest absolute Gasteiger partial charge is 0.128 e. The van der Waals surface area contributed by atoms with Crippen molar-refractivity contribution in [2.75, 3.05) is 6.54 Å². The van der Waals surface area contributed by atoms with Gasteiger partial charge in [0.25, 0.3) is 0 Å². The number of nitrogens with one attached hydrogen (secondary N) is 1. The first-order valence-corrected chi connectivity index (χ1v) is 5.55. The fourth-order valence-corrected chi connectivity index (χ4v) is 1.50. The predicted octanol–water partition coefficient (Wildman–Crippen LogP) is 2.45. The normalized spacial score (nSPS) is 11.8. The van der Waals surface area contributed by atoms with E-state index in [1.165, 1.54) is 6.07 Å². The van der Waals surface area contributed by atoms with Crippen LogP contribution in [0.5, 0.6) is 0 Å². The van der Waals surface area contributed by atoms with E-state index in [-0.39, 0.29) is 5.82 Å². The van der Waals surface area contributed by atoms with E-state index in [1.807, 2.05) is 0 Å². The molecule has 0 atom stereocenters. The van der Waals surface area contributed by atoms with Crippen molar-refractivity contribution in [3.05, 3.63) is 34.1 Å². The number of hydrogen-bond donors (Lipinski definition) is 2. The van der Waals surface area contributed by atoms with Crippen molar-refractivity contribution in [1.82, 2.24) is 5.32 Å². The summed E-state index contributed by atoms with van der Waals surface area (Å²) in [4.78, 5) is 0. The van der Waals surface area contributed by atoms with E-state index >= 15 is 0 Å². The number of hydrogen-bond acceptors (Lipinski definition) is 2. The van der Waals surface area contributed by atoms with Crippen molar-refractivity contribution in [3.8, 4) is 0 Å². The van der Waals surface area contributed by atoms with Gasteiger partial charge in [-0.15, -0.1) is 0 Å². The lowest BCUT2D eigenvalue weighted by Crippen LogP contribution is -2.34. The molecule has 0 amide bonds. The van der Waals surface area contributed by atoms with Crippen LogP contribution in [0.3, 0.4) is 0 Å². The zero-order valence-corrected chi connectivity index (χ0v) is 10.4. The molecule has 0 heterocycles. The molecule has 1 aromatic rings. The predicted molar refractivity (Wildman–Crippen MR) is 62.1 cm³/mol. The van der Waals surface area contributed by atoms with Gasteiger partial charge in [-0.2, -0.15) is 0 Å². The lowest BCUT2D eigenvalue weighted by atomic mass is 10.1. The van der Waals surface area contributed by atoms with Crippen molar-refractivity contribution in [2.24, 2.45) is 0 Å². The van der Waals surface area contributed by atoms with E-state index in [0.29, 0.717) is 18.7 Å². The van der Waals surface area contributed by atoms with Crippen LogP contribution in [0.25, 0.3) is 0 Å². The summed E-state index contributed by atoms with van der Waals surface area (Å²) in [7, 11) is 0. The molecule has 1 rings (SSSR count). The molecule has 15 heavy (non-hydrogen) atoms. The third kappa shape index (κ3) is 4.73. The van der Waals surface area contributed by atoms with E-state index in [9.17, 15) is 9.50 Å². The lowest BCUT2D eigenvalue weighted by molar-refractivity contribution is 0.0794. The Morgan fingerprint density at radius 1 is 1.47 bits per heavy atom. The molecule has 0 saturated heterocycles. The Bertz CT molecular complexity index is 336. The van der Waals surface area contributed by atoms with E-state index in [4.69, 9.17) is 0 Å². The van der Waals surface area contributed by atoms with Gasteiger partial charge in [-0.3, -0.25) is 0 Å². The first kappa shape index (κ1) is 12.6. The molecule has 4 heteroatoms. The highest BCUT2D eigenvalue weighted by Crippen LogP contribution is 2.15. The van der Waals surface area contributed by atoms with Crippen molar-refractivity contribution in [2.45, 2.75) is 26.0 Å². The average molecular weight is 276 g/mol. The van der Waals surface area contributed by atoms with Crippen LogP contribution in [-0.2, 0) is 6.54 Å². The Labute approximate surface area is 97.6 Å². The summed E-state index contributed by atoms with van der Waals surface area (Å²) in [6.07, 6.45) is 0. The third-order valence-electron chi connectivity index (χ3n) is 1.89. The minimum atomic E-state index is -0.772. The molecule has 2 N–H and O–H groups in total. The van der Waals surface area contributed by atoms with Gasteiger partial charge < -0.3 is 10.4 Å². The molecule has 0 saturated carbocycles. The van der Waals surface area contributed by atoms with Crippen LogP contribution in [0.1, 0.15) is 19.4 Å². The second kappa shape index (κ2) is 5.05. The van der Waals surface area contributed by atoms with Gasteiger partial charge in [0.2, 0.25) is 0 Å². The zero-order valence-electron chi connectivity index (χ0n) is 8.85. The lowest BCUT2D eigenvalue weighted by Gasteiger charge is -2.17. The first-order chi connectivity index (χ1) is 6.88. The van der Waals surface area contributed by atoms with E-state index in [1.54, 1.807) is 26.0 Å². The fourth-order valence-electron chi connectivity index (χ4n) is 1.17. The number of halogens is 2. The first-order valence-electron chi connectivity index (χ1n) is 4.75. The SMILES string of the molecule is CC(C)(O)CNCc1ccc(Br)cc1F. The van der Waals surface area contributed by atoms with Crippen LogP contribution in [0.15, 0.2) is 22.7 Å². The Morgan fingerprint density at radius 2 is 2.13 bits per heavy atom. The Morgan fingerprint density at radius 3 is 2.67 bits per heavy atom. The highest BCUT2D eigenvalue weighted by molar-refractivity contribution is 9.10. The van der Waals surface area contributed by atoms with Gasteiger partial charge in [0.1, 0.15) is 5.82 Å². The van der Waals surface area contributed by atoms with Gasteiger partial charge in [-0.25, -0.2) is 4.39 Å². The number of benzene rings is 1. The van der Waals surface area contributed by atoms with E-state index in [0.717, 1.165) is 4.47 Å². The molecule has 0 fully saturated rings. The molecular formula is C11H15BrFNO. The molecule has 0 bridgehead atoms. The van der Waals surface area contributed by atoms with Gasteiger partial charge in [0.15, 0.2) is 0 Å². The molecule has 0 aliphatic carbocycles. The van der Waals surface area contributed by atoms with Crippen LogP contribution >= 0.6 is 15.9 Å². The topological polar surface area (TPSA) is 32.3 Å². The van der Waals surface area contributed by atoms with Crippen molar-refractivity contribution in [3.63, 3.8) is 0 Å². The van der Waals surface area contributed by atoms with Crippen LogP contribution in [-0.4, -0.2) is 17.3 Å². The molecule has 0 spiro atoms. The molecule has 2 nitrogen and oxygen atoms in total. The molecule has 0 aliphatic heterocycles. The van der Waals surface area contributed by atoms with Crippen molar-refractivity contribution >= 4 is 15.9 Å². The van der Waals surface area contributed by atoms with Crippen LogP contribution < -0.4 is 5.32 Å². The summed E-state index contributed by atoms with van der Waals surface area (Å²) in [5.74, 6) is -0.243. The molecule has 0 aromatic heterocycles. The quantitative estimate of drug-likeness (QED) is 0.885. The zero-order chi connectivity index (χ0) is 11.5. The molecule has 84 valence electrons. The van der Waals surface area contributed by atoms with E-state index in [2.05, 4.69) is 21.2 Å². The fraction of sp³-hybridized carbons (Fsp3) is 0.455. The summed E-state index contributed by atoms with van der Waals surface area (Å²) in [5, 5.41) is 12.4. The maximum absolute atomic E-state index is 13.3. The second-order valence-corrected chi connectivity index (χ2v) is 5.07. The maximum Gasteiger partial charge on any atom is 0.128 e. The summed E-state index contributed by atoms with van der Waals surface area (Å²) >= 11 is 3.20. The largest absolute Gasteiger partial charge is 0.389 e. The van der Waals surface area contributed by atoms with Crippen LogP contribution in [0.4, 0.5) is 4.39 Å². The van der Waals surface area contributed by atoms with Crippen LogP contribution in [0, 0.1) is 5.82 Å². The molecular weight excluding hydrogens is 261 g/mol. The maximum atomic E-state index is 13.3. The van der Waals surface area contributed by atoms with Crippen molar-refractivity contribution < 1.29 is 9.50 Å². The molecule has 1 aromatic carbocycles. The Hall–Kier alpha value is -0.450. The molecule has 0 aliphatic rings. The molecule has 0 radical (unpaired) electrons. The minimum absolute atomic E-state index is 0.243. The number of aliphatic hydroxyl groups is 1. The van der Waals surface area contributed by atoms with Crippen LogP contribution in [0.2, 0.25) is 0 Å². The Balaban J connectivity index is 2.51. The highest BCUT2D eigenvalue weighted by Gasteiger charge is 2.11. The third-order valence-corrected chi connectivity index (χ3v) is 2.38. The summed E-state index contributed by atoms with van der Waals surface area (Å²) < 4.78 is 14.1. The summed E-state index contributed by atoms with van der Waals surface area (Å²) in [6.45, 7) is 4.27. The standard InChI is InChI=1S/C11H15BrFNO/c1-11(2,15)7-14-6-8-3-4-9(12)5-10(8)13/h3-5,14-15H,6-7H2,1-2H3. The Kier molecular flexibility index (Phi) is 4.25. The van der Waals surface area contributed by atoms with Gasteiger partial charge >= 0.3 is 0 Å². The monoisotopic (exact) mass is 275 g/mol. The van der Waals surface area contributed by atoms with Gasteiger partial charge in [-0.1, -0.05) is 22.0 Å². The second-order valence-electron chi connectivity index (χ2n) is 4.15. The van der Waals surface area contributed by atoms with Gasteiger partial charge in [0.05, 0.1) is 5.60 Å². The molecule has 0 unspecified atom stereocenters. The highest BCUT2D eigenvalue weighted by atomic mass is 79.9. The van der Waals surface area contributed by atoms with Crippen molar-refractivity contribution in [1.29, 1.82) is 0 Å². The minimum Gasteiger partial charge on any atom is -0.389 e. The summed E-state index contributed by atoms with van der Waals surface area (Å²) in [5.41, 5.74) is -0.172. The summed E-state index contributed by atoms with van der Waals surface area (Å²) in [6, 6.07) is 4.95. The van der Waals surface area contributed by atoms with Gasteiger partial charge in [0, 0.05) is 23.1 Å².